The van der Waals surface area contributed by atoms with E-state index in [0.29, 0.717) is 16.0 Å². The van der Waals surface area contributed by atoms with Crippen LogP contribution in [-0.2, 0) is 4.79 Å². The lowest BCUT2D eigenvalue weighted by molar-refractivity contribution is -0.112. The Balaban J connectivity index is 2.66. The predicted molar refractivity (Wildman–Crippen MR) is 62.4 cm³/mol. The minimum Gasteiger partial charge on any atom is -0.306 e. The second-order valence-corrected chi connectivity index (χ2v) is 3.79. The highest BCUT2D eigenvalue weighted by atomic mass is 79.9. The summed E-state index contributed by atoms with van der Waals surface area (Å²) in [7, 11) is 0. The lowest BCUT2D eigenvalue weighted by atomic mass is 10.2. The van der Waals surface area contributed by atoms with Crippen LogP contribution in [0.1, 0.15) is 20.3 Å². The first kappa shape index (κ1) is 11.8. The maximum Gasteiger partial charge on any atom is 0.252 e. The van der Waals surface area contributed by atoms with Crippen molar-refractivity contribution in [3.05, 3.63) is 28.6 Å². The molecule has 4 nitrogen and oxygen atoms in total. The van der Waals surface area contributed by atoms with Crippen molar-refractivity contribution < 1.29 is 4.79 Å². The predicted octanol–water partition coefficient (Wildman–Crippen LogP) is 2.53. The van der Waals surface area contributed by atoms with Gasteiger partial charge in [0.25, 0.3) is 5.91 Å². The number of rotatable bonds is 3. The number of amides is 1. The number of aromatic nitrogens is 2. The standard InChI is InChI=1S/C10H12BrN3O/c1-3-4-7(2)10(15)14-9-6-12-8(11)5-13-9/h4-6H,3H2,1-2H3,(H,13,14,15)/b7-4-. The molecule has 0 aliphatic heterocycles. The quantitative estimate of drug-likeness (QED) is 0.859. The van der Waals surface area contributed by atoms with Crippen LogP contribution in [0.5, 0.6) is 0 Å². The zero-order valence-electron chi connectivity index (χ0n) is 8.62. The molecule has 0 bridgehead atoms. The number of halogens is 1. The number of nitrogens with one attached hydrogen (secondary N) is 1. The molecule has 1 rings (SSSR count). The second-order valence-electron chi connectivity index (χ2n) is 2.97. The summed E-state index contributed by atoms with van der Waals surface area (Å²) in [4.78, 5) is 19.5. The lowest BCUT2D eigenvalue weighted by Crippen LogP contribution is -2.13. The molecule has 0 fully saturated rings. The van der Waals surface area contributed by atoms with Crippen molar-refractivity contribution in [1.82, 2.24) is 9.97 Å². The van der Waals surface area contributed by atoms with E-state index in [2.05, 4.69) is 31.2 Å². The Morgan fingerprint density at radius 2 is 2.27 bits per heavy atom. The molecule has 0 spiro atoms. The highest BCUT2D eigenvalue weighted by Crippen LogP contribution is 2.07. The fourth-order valence-corrected chi connectivity index (χ4v) is 1.20. The van der Waals surface area contributed by atoms with Crippen LogP contribution in [-0.4, -0.2) is 15.9 Å². The third-order valence-electron chi connectivity index (χ3n) is 1.73. The van der Waals surface area contributed by atoms with Gasteiger partial charge in [-0.2, -0.15) is 0 Å². The third-order valence-corrected chi connectivity index (χ3v) is 2.14. The molecule has 0 saturated heterocycles. The molecule has 0 saturated carbocycles. The topological polar surface area (TPSA) is 54.9 Å². The first-order valence-corrected chi connectivity index (χ1v) is 5.38. The van der Waals surface area contributed by atoms with Gasteiger partial charge in [0.1, 0.15) is 4.60 Å². The number of anilines is 1. The fraction of sp³-hybridized carbons (Fsp3) is 0.300. The van der Waals surface area contributed by atoms with E-state index in [4.69, 9.17) is 0 Å². The number of carbonyl (C=O) groups is 1. The van der Waals surface area contributed by atoms with Gasteiger partial charge in [-0.15, -0.1) is 0 Å². The van der Waals surface area contributed by atoms with E-state index < -0.39 is 0 Å². The molecule has 1 aromatic rings. The van der Waals surface area contributed by atoms with Crippen LogP contribution >= 0.6 is 15.9 Å². The second kappa shape index (κ2) is 5.60. The van der Waals surface area contributed by atoms with Crippen molar-refractivity contribution in [1.29, 1.82) is 0 Å². The van der Waals surface area contributed by atoms with E-state index in [1.165, 1.54) is 12.4 Å². The Bertz CT molecular complexity index is 373. The normalized spacial score (nSPS) is 11.3. The fourth-order valence-electron chi connectivity index (χ4n) is 0.991. The van der Waals surface area contributed by atoms with Crippen LogP contribution in [0.3, 0.4) is 0 Å². The lowest BCUT2D eigenvalue weighted by Gasteiger charge is -2.03. The Morgan fingerprint density at radius 1 is 1.53 bits per heavy atom. The molecule has 0 unspecified atom stereocenters. The summed E-state index contributed by atoms with van der Waals surface area (Å²) in [6.07, 6.45) is 5.74. The van der Waals surface area contributed by atoms with E-state index in [0.717, 1.165) is 6.42 Å². The molecule has 0 radical (unpaired) electrons. The SMILES string of the molecule is CC/C=C(/C)C(=O)Nc1cnc(Br)cn1. The molecule has 5 heteroatoms. The first-order valence-electron chi connectivity index (χ1n) is 4.59. The van der Waals surface area contributed by atoms with E-state index in [1.807, 2.05) is 13.0 Å². The van der Waals surface area contributed by atoms with Crippen LogP contribution < -0.4 is 5.32 Å². The summed E-state index contributed by atoms with van der Waals surface area (Å²) in [5.41, 5.74) is 0.683. The average molecular weight is 270 g/mol. The summed E-state index contributed by atoms with van der Waals surface area (Å²) in [5, 5.41) is 2.65. The van der Waals surface area contributed by atoms with Gasteiger partial charge in [0, 0.05) is 5.57 Å². The number of allylic oxidation sites excluding steroid dienone is 1. The van der Waals surface area contributed by atoms with Gasteiger partial charge in [0.05, 0.1) is 12.4 Å². The van der Waals surface area contributed by atoms with Gasteiger partial charge < -0.3 is 5.32 Å². The smallest absolute Gasteiger partial charge is 0.252 e. The van der Waals surface area contributed by atoms with Crippen LogP contribution in [0.4, 0.5) is 5.82 Å². The van der Waals surface area contributed by atoms with Crippen molar-refractivity contribution >= 4 is 27.7 Å². The molecule has 0 atom stereocenters. The van der Waals surface area contributed by atoms with Gasteiger partial charge in [-0.25, -0.2) is 9.97 Å². The molecular formula is C10H12BrN3O. The van der Waals surface area contributed by atoms with E-state index in [9.17, 15) is 4.79 Å². The first-order chi connectivity index (χ1) is 7.13. The Hall–Kier alpha value is -1.23. The number of carbonyl (C=O) groups excluding carboxylic acids is 1. The zero-order valence-corrected chi connectivity index (χ0v) is 10.2. The highest BCUT2D eigenvalue weighted by molar-refractivity contribution is 9.10. The number of hydrogen-bond donors (Lipinski definition) is 1. The molecule has 80 valence electrons. The van der Waals surface area contributed by atoms with Gasteiger partial charge in [0.2, 0.25) is 0 Å². The molecule has 1 amide bonds. The molecule has 1 N–H and O–H groups in total. The molecular weight excluding hydrogens is 258 g/mol. The van der Waals surface area contributed by atoms with Crippen LogP contribution in [0.25, 0.3) is 0 Å². The van der Waals surface area contributed by atoms with Gasteiger partial charge in [-0.05, 0) is 29.3 Å². The maximum atomic E-state index is 11.5. The van der Waals surface area contributed by atoms with Crippen molar-refractivity contribution in [3.63, 3.8) is 0 Å². The van der Waals surface area contributed by atoms with Crippen molar-refractivity contribution in [2.75, 3.05) is 5.32 Å². The Kier molecular flexibility index (Phi) is 4.42. The summed E-state index contributed by atoms with van der Waals surface area (Å²) < 4.78 is 0.640. The Morgan fingerprint density at radius 3 is 2.80 bits per heavy atom. The molecule has 1 heterocycles. The van der Waals surface area contributed by atoms with Crippen LogP contribution in [0.2, 0.25) is 0 Å². The molecule has 15 heavy (non-hydrogen) atoms. The van der Waals surface area contributed by atoms with E-state index in [-0.39, 0.29) is 5.91 Å². The Labute approximate surface area is 96.9 Å². The molecule has 0 aromatic carbocycles. The maximum absolute atomic E-state index is 11.5. The van der Waals surface area contributed by atoms with E-state index >= 15 is 0 Å². The summed E-state index contributed by atoms with van der Waals surface area (Å²) in [6.45, 7) is 3.75. The highest BCUT2D eigenvalue weighted by Gasteiger charge is 2.04. The van der Waals surface area contributed by atoms with Gasteiger partial charge in [-0.1, -0.05) is 13.0 Å². The minimum atomic E-state index is -0.145. The summed E-state index contributed by atoms with van der Waals surface area (Å²) in [5.74, 6) is 0.306. The zero-order chi connectivity index (χ0) is 11.3. The number of hydrogen-bond acceptors (Lipinski definition) is 3. The van der Waals surface area contributed by atoms with Crippen molar-refractivity contribution in [2.45, 2.75) is 20.3 Å². The average Bonchev–Trinajstić information content (AvgIpc) is 2.22. The van der Waals surface area contributed by atoms with Gasteiger partial charge >= 0.3 is 0 Å². The van der Waals surface area contributed by atoms with Crippen LogP contribution in [0.15, 0.2) is 28.6 Å². The van der Waals surface area contributed by atoms with Crippen molar-refractivity contribution in [3.8, 4) is 0 Å². The van der Waals surface area contributed by atoms with E-state index in [1.54, 1.807) is 6.92 Å². The number of nitrogens with zero attached hydrogens (tertiary/aromatic N) is 2. The molecule has 0 aliphatic rings. The summed E-state index contributed by atoms with van der Waals surface area (Å²) >= 11 is 3.17. The molecule has 0 aliphatic carbocycles. The van der Waals surface area contributed by atoms with Gasteiger partial charge in [-0.3, -0.25) is 4.79 Å². The third kappa shape index (κ3) is 3.79. The molecule has 1 aromatic heterocycles. The van der Waals surface area contributed by atoms with Crippen LogP contribution in [0, 0.1) is 0 Å². The van der Waals surface area contributed by atoms with Gasteiger partial charge in [0.15, 0.2) is 5.82 Å². The largest absolute Gasteiger partial charge is 0.306 e. The summed E-state index contributed by atoms with van der Waals surface area (Å²) in [6, 6.07) is 0. The monoisotopic (exact) mass is 269 g/mol. The van der Waals surface area contributed by atoms with Crippen molar-refractivity contribution in [2.24, 2.45) is 0 Å². The minimum absolute atomic E-state index is 0.145.